The second-order valence-electron chi connectivity index (χ2n) is 5.58. The summed E-state index contributed by atoms with van der Waals surface area (Å²) in [6, 6.07) is 4.19. The van der Waals surface area contributed by atoms with Crippen LogP contribution in [0.2, 0.25) is 0 Å². The van der Waals surface area contributed by atoms with Gasteiger partial charge in [-0.3, -0.25) is 29.8 Å². The number of hydrogen-bond donors (Lipinski definition) is 1. The highest BCUT2D eigenvalue weighted by Gasteiger charge is 2.28. The summed E-state index contributed by atoms with van der Waals surface area (Å²) in [5.74, 6) is -1.94. The Morgan fingerprint density at radius 1 is 1.28 bits per heavy atom. The van der Waals surface area contributed by atoms with E-state index in [4.69, 9.17) is 4.74 Å². The Bertz CT molecular complexity index is 732. The molecule has 1 aromatic rings. The third-order valence-electron chi connectivity index (χ3n) is 3.62. The Hall–Kier alpha value is -3.03. The van der Waals surface area contributed by atoms with Gasteiger partial charge in [-0.15, -0.1) is 0 Å². The first-order valence-corrected chi connectivity index (χ1v) is 7.92. The zero-order valence-corrected chi connectivity index (χ0v) is 13.7. The molecule has 1 saturated heterocycles. The van der Waals surface area contributed by atoms with Crippen LogP contribution in [0.5, 0.6) is 5.75 Å². The molecule has 25 heavy (non-hydrogen) atoms. The van der Waals surface area contributed by atoms with Gasteiger partial charge in [-0.25, -0.2) is 0 Å². The lowest BCUT2D eigenvalue weighted by Gasteiger charge is -2.12. The van der Waals surface area contributed by atoms with Gasteiger partial charge in [-0.1, -0.05) is 25.8 Å². The molecule has 8 heteroatoms. The van der Waals surface area contributed by atoms with Gasteiger partial charge in [0.2, 0.25) is 5.91 Å². The predicted octanol–water partition coefficient (Wildman–Crippen LogP) is 2.16. The summed E-state index contributed by atoms with van der Waals surface area (Å²) in [5, 5.41) is 13.3. The molecule has 0 radical (unpaired) electrons. The van der Waals surface area contributed by atoms with E-state index in [2.05, 4.69) is 0 Å². The minimum absolute atomic E-state index is 0.137. The number of piperidine rings is 1. The maximum Gasteiger partial charge on any atom is 0.311 e. The standard InChI is InChI=1S/C17H18N2O6/c1-2-3-4-7-25-15-6-5-11(9-13(15)19(23)24)8-12-14(20)10-16(21)18-17(12)22/h5-6,8-9H,2-4,7,10H2,1H3,(H,18,21,22)/b12-8+. The quantitative estimate of drug-likeness (QED) is 0.154. The highest BCUT2D eigenvalue weighted by molar-refractivity contribution is 6.32. The van der Waals surface area contributed by atoms with Crippen molar-refractivity contribution in [3.63, 3.8) is 0 Å². The summed E-state index contributed by atoms with van der Waals surface area (Å²) in [6.45, 7) is 2.42. The van der Waals surface area contributed by atoms with Crippen LogP contribution in [-0.2, 0) is 14.4 Å². The number of benzene rings is 1. The van der Waals surface area contributed by atoms with Gasteiger partial charge in [0.15, 0.2) is 11.5 Å². The summed E-state index contributed by atoms with van der Waals surface area (Å²) in [5.41, 5.74) is -0.142. The topological polar surface area (TPSA) is 116 Å². The van der Waals surface area contributed by atoms with Crippen LogP contribution in [0.4, 0.5) is 5.69 Å². The van der Waals surface area contributed by atoms with E-state index in [1.165, 1.54) is 24.3 Å². The van der Waals surface area contributed by atoms with Crippen LogP contribution in [-0.4, -0.2) is 29.1 Å². The molecule has 1 aliphatic rings. The normalized spacial score (nSPS) is 16.0. The molecule has 1 fully saturated rings. The fourth-order valence-electron chi connectivity index (χ4n) is 2.34. The van der Waals surface area contributed by atoms with Crippen LogP contribution in [0.25, 0.3) is 6.08 Å². The van der Waals surface area contributed by atoms with Crippen molar-refractivity contribution in [3.8, 4) is 5.75 Å². The first-order chi connectivity index (χ1) is 11.9. The van der Waals surface area contributed by atoms with Gasteiger partial charge < -0.3 is 4.74 Å². The molecule has 0 aromatic heterocycles. The minimum atomic E-state index is -0.802. The number of Topliss-reactive ketones (excluding diaryl/α,β-unsaturated/α-hetero) is 1. The number of ketones is 1. The van der Waals surface area contributed by atoms with Gasteiger partial charge in [-0.05, 0) is 24.1 Å². The number of amides is 2. The van der Waals surface area contributed by atoms with Crippen LogP contribution in [0.1, 0.15) is 38.2 Å². The minimum Gasteiger partial charge on any atom is -0.487 e. The largest absolute Gasteiger partial charge is 0.487 e. The van der Waals surface area contributed by atoms with E-state index in [9.17, 15) is 24.5 Å². The Kier molecular flexibility index (Phi) is 5.99. The summed E-state index contributed by atoms with van der Waals surface area (Å²) in [4.78, 5) is 45.3. The molecular weight excluding hydrogens is 328 g/mol. The van der Waals surface area contributed by atoms with E-state index < -0.39 is 28.9 Å². The fourth-order valence-corrected chi connectivity index (χ4v) is 2.34. The molecule has 1 N–H and O–H groups in total. The number of carbonyl (C=O) groups is 3. The van der Waals surface area contributed by atoms with Crippen molar-refractivity contribution in [3.05, 3.63) is 39.4 Å². The maximum absolute atomic E-state index is 11.8. The first-order valence-electron chi connectivity index (χ1n) is 7.92. The number of hydrogen-bond acceptors (Lipinski definition) is 6. The molecule has 2 amide bonds. The van der Waals surface area contributed by atoms with Crippen molar-refractivity contribution in [2.45, 2.75) is 32.6 Å². The third-order valence-corrected chi connectivity index (χ3v) is 3.62. The zero-order chi connectivity index (χ0) is 18.4. The molecule has 8 nitrogen and oxygen atoms in total. The lowest BCUT2D eigenvalue weighted by Crippen LogP contribution is -2.40. The molecule has 0 saturated carbocycles. The Labute approximate surface area is 144 Å². The second kappa shape index (κ2) is 8.18. The monoisotopic (exact) mass is 346 g/mol. The van der Waals surface area contributed by atoms with Crippen LogP contribution >= 0.6 is 0 Å². The predicted molar refractivity (Wildman–Crippen MR) is 88.9 cm³/mol. The number of carbonyl (C=O) groups excluding carboxylic acids is 3. The number of nitrogens with one attached hydrogen (secondary N) is 1. The SMILES string of the molecule is CCCCCOc1ccc(/C=C2\C(=O)CC(=O)NC2=O)cc1[N+](=O)[O-]. The molecule has 1 heterocycles. The number of unbranched alkanes of at least 4 members (excludes halogenated alkanes) is 2. The van der Waals surface area contributed by atoms with Crippen LogP contribution in [0.3, 0.4) is 0 Å². The van der Waals surface area contributed by atoms with Crippen LogP contribution in [0, 0.1) is 10.1 Å². The van der Waals surface area contributed by atoms with Crippen molar-refractivity contribution < 1.29 is 24.0 Å². The van der Waals surface area contributed by atoms with Gasteiger partial charge in [-0.2, -0.15) is 0 Å². The molecule has 0 spiro atoms. The van der Waals surface area contributed by atoms with Gasteiger partial charge in [0, 0.05) is 6.07 Å². The molecule has 2 rings (SSSR count). The smallest absolute Gasteiger partial charge is 0.311 e. The second-order valence-corrected chi connectivity index (χ2v) is 5.58. The van der Waals surface area contributed by atoms with Crippen molar-refractivity contribution in [1.82, 2.24) is 5.32 Å². The van der Waals surface area contributed by atoms with E-state index in [-0.39, 0.29) is 17.0 Å². The number of rotatable bonds is 7. The fraction of sp³-hybridized carbons (Fsp3) is 0.353. The van der Waals surface area contributed by atoms with E-state index in [1.807, 2.05) is 12.2 Å². The van der Waals surface area contributed by atoms with Crippen LogP contribution < -0.4 is 10.1 Å². The summed E-state index contributed by atoms with van der Waals surface area (Å²) in [6.07, 6.45) is 3.59. The zero-order valence-electron chi connectivity index (χ0n) is 13.7. The highest BCUT2D eigenvalue weighted by atomic mass is 16.6. The molecule has 0 aliphatic carbocycles. The Morgan fingerprint density at radius 2 is 2.04 bits per heavy atom. The van der Waals surface area contributed by atoms with E-state index in [0.29, 0.717) is 12.2 Å². The molecule has 0 unspecified atom stereocenters. The summed E-state index contributed by atoms with van der Waals surface area (Å²) < 4.78 is 5.45. The molecule has 0 atom stereocenters. The number of ether oxygens (including phenoxy) is 1. The maximum atomic E-state index is 11.8. The van der Waals surface area contributed by atoms with Gasteiger partial charge >= 0.3 is 5.69 Å². The molecule has 1 aromatic carbocycles. The average molecular weight is 346 g/mol. The van der Waals surface area contributed by atoms with Crippen molar-refractivity contribution in [2.24, 2.45) is 0 Å². The van der Waals surface area contributed by atoms with Crippen molar-refractivity contribution >= 4 is 29.4 Å². The number of nitrogens with zero attached hydrogens (tertiary/aromatic N) is 1. The number of imide groups is 1. The Morgan fingerprint density at radius 3 is 2.68 bits per heavy atom. The molecule has 1 aliphatic heterocycles. The van der Waals surface area contributed by atoms with Crippen LogP contribution in [0.15, 0.2) is 23.8 Å². The average Bonchev–Trinajstić information content (AvgIpc) is 2.55. The Balaban J connectivity index is 2.25. The van der Waals surface area contributed by atoms with E-state index in [1.54, 1.807) is 0 Å². The number of nitro benzene ring substituents is 1. The lowest BCUT2D eigenvalue weighted by atomic mass is 10.0. The molecule has 132 valence electrons. The third kappa shape index (κ3) is 4.72. The molecular formula is C17H18N2O6. The van der Waals surface area contributed by atoms with Crippen molar-refractivity contribution in [2.75, 3.05) is 6.61 Å². The lowest BCUT2D eigenvalue weighted by molar-refractivity contribution is -0.385. The highest BCUT2D eigenvalue weighted by Crippen LogP contribution is 2.29. The summed E-state index contributed by atoms with van der Waals surface area (Å²) in [7, 11) is 0. The van der Waals surface area contributed by atoms with E-state index in [0.717, 1.165) is 19.3 Å². The van der Waals surface area contributed by atoms with Gasteiger partial charge in [0.05, 0.1) is 23.5 Å². The number of nitro groups is 1. The van der Waals surface area contributed by atoms with Gasteiger partial charge in [0.25, 0.3) is 5.91 Å². The van der Waals surface area contributed by atoms with E-state index >= 15 is 0 Å². The molecule has 0 bridgehead atoms. The van der Waals surface area contributed by atoms with Gasteiger partial charge in [0.1, 0.15) is 0 Å². The first kappa shape index (κ1) is 18.3. The van der Waals surface area contributed by atoms with Crippen molar-refractivity contribution in [1.29, 1.82) is 0 Å². The summed E-state index contributed by atoms with van der Waals surface area (Å²) >= 11 is 0.